The molecule has 0 amide bonds. The summed E-state index contributed by atoms with van der Waals surface area (Å²) in [6, 6.07) is 9.43. The van der Waals surface area contributed by atoms with Crippen LogP contribution in [-0.4, -0.2) is 29.8 Å². The van der Waals surface area contributed by atoms with Gasteiger partial charge < -0.3 is 10.4 Å². The van der Waals surface area contributed by atoms with Crippen molar-refractivity contribution in [3.63, 3.8) is 0 Å². The Hall–Kier alpha value is -0.510. The molecule has 0 heterocycles. The molecule has 0 aliphatic rings. The van der Waals surface area contributed by atoms with Crippen LogP contribution in [0.3, 0.4) is 0 Å². The van der Waals surface area contributed by atoms with Crippen LogP contribution in [0.1, 0.15) is 56.7 Å². The molecule has 0 radical (unpaired) electrons. The summed E-state index contributed by atoms with van der Waals surface area (Å²) in [5.74, 6) is 2.69. The molecule has 1 aromatic carbocycles. The first-order chi connectivity index (χ1) is 9.69. The van der Waals surface area contributed by atoms with E-state index < -0.39 is 0 Å². The summed E-state index contributed by atoms with van der Waals surface area (Å²) in [6.07, 6.45) is 2.04. The number of aliphatic hydroxyl groups excluding tert-OH is 1. The normalized spacial score (nSPS) is 12.8. The maximum atomic E-state index is 8.84. The maximum Gasteiger partial charge on any atom is 0.0438 e. The first-order valence-corrected chi connectivity index (χ1v) is 8.86. The van der Waals surface area contributed by atoms with E-state index >= 15 is 0 Å². The first kappa shape index (κ1) is 17.5. The van der Waals surface area contributed by atoms with Gasteiger partial charge in [-0.3, -0.25) is 0 Å². The summed E-state index contributed by atoms with van der Waals surface area (Å²) in [4.78, 5) is 0. The molecule has 0 bridgehead atoms. The van der Waals surface area contributed by atoms with Crippen molar-refractivity contribution in [1.82, 2.24) is 5.32 Å². The fourth-order valence-corrected chi connectivity index (χ4v) is 3.12. The van der Waals surface area contributed by atoms with Gasteiger partial charge in [0, 0.05) is 18.4 Å². The number of rotatable bonds is 10. The van der Waals surface area contributed by atoms with Crippen molar-refractivity contribution in [1.29, 1.82) is 0 Å². The molecule has 20 heavy (non-hydrogen) atoms. The van der Waals surface area contributed by atoms with Gasteiger partial charge in [-0.05, 0) is 42.2 Å². The lowest BCUT2D eigenvalue weighted by molar-refractivity contribution is 0.296. The Kier molecular flexibility index (Phi) is 8.99. The van der Waals surface area contributed by atoms with Gasteiger partial charge in [-0.15, -0.1) is 0 Å². The Labute approximate surface area is 128 Å². The van der Waals surface area contributed by atoms with E-state index in [0.717, 1.165) is 30.9 Å². The Balaban J connectivity index is 2.60. The zero-order chi connectivity index (χ0) is 14.8. The van der Waals surface area contributed by atoms with Crippen molar-refractivity contribution in [3.8, 4) is 0 Å². The Morgan fingerprint density at radius 3 is 2.35 bits per heavy atom. The van der Waals surface area contributed by atoms with E-state index in [9.17, 15) is 0 Å². The van der Waals surface area contributed by atoms with Crippen molar-refractivity contribution >= 4 is 11.8 Å². The molecule has 0 fully saturated rings. The number of benzene rings is 1. The minimum Gasteiger partial charge on any atom is -0.396 e. The number of hydrogen-bond donors (Lipinski definition) is 2. The lowest BCUT2D eigenvalue weighted by atomic mass is 9.99. The van der Waals surface area contributed by atoms with E-state index in [4.69, 9.17) is 5.11 Å². The van der Waals surface area contributed by atoms with E-state index in [1.165, 1.54) is 11.1 Å². The smallest absolute Gasteiger partial charge is 0.0438 e. The van der Waals surface area contributed by atoms with Gasteiger partial charge in [0.1, 0.15) is 0 Å². The van der Waals surface area contributed by atoms with Crippen LogP contribution in [0.15, 0.2) is 24.3 Å². The molecule has 0 aliphatic heterocycles. The largest absolute Gasteiger partial charge is 0.396 e. The molecule has 2 N–H and O–H groups in total. The number of aliphatic hydroxyl groups is 1. The minimum absolute atomic E-state index is 0.295. The van der Waals surface area contributed by atoms with Crippen molar-refractivity contribution < 1.29 is 5.11 Å². The average molecular weight is 295 g/mol. The van der Waals surface area contributed by atoms with Crippen LogP contribution in [-0.2, 0) is 0 Å². The number of hydrogen-bond acceptors (Lipinski definition) is 3. The predicted octanol–water partition coefficient (Wildman–Crippen LogP) is 3.97. The summed E-state index contributed by atoms with van der Waals surface area (Å²) in [5, 5.41) is 12.5. The summed E-state index contributed by atoms with van der Waals surface area (Å²) >= 11 is 1.92. The highest BCUT2D eigenvalue weighted by Crippen LogP contribution is 2.22. The Morgan fingerprint density at radius 2 is 1.80 bits per heavy atom. The summed E-state index contributed by atoms with van der Waals surface area (Å²) < 4.78 is 0. The van der Waals surface area contributed by atoms with Gasteiger partial charge in [-0.25, -0.2) is 0 Å². The third-order valence-corrected chi connectivity index (χ3v) is 4.52. The maximum absolute atomic E-state index is 8.84. The fourth-order valence-electron chi connectivity index (χ4n) is 2.07. The van der Waals surface area contributed by atoms with Crippen LogP contribution < -0.4 is 5.32 Å². The molecule has 2 nitrogen and oxygen atoms in total. The van der Waals surface area contributed by atoms with E-state index in [1.807, 2.05) is 11.8 Å². The molecular formula is C17H29NOS. The SMILES string of the molecule is CCCNC(CSCCCO)c1ccc(C(C)C)cc1. The van der Waals surface area contributed by atoms with Gasteiger partial charge >= 0.3 is 0 Å². The highest BCUT2D eigenvalue weighted by Gasteiger charge is 2.11. The molecule has 1 rings (SSSR count). The summed E-state index contributed by atoms with van der Waals surface area (Å²) in [6.45, 7) is 8.00. The van der Waals surface area contributed by atoms with Gasteiger partial charge in [-0.2, -0.15) is 11.8 Å². The minimum atomic E-state index is 0.295. The molecule has 0 saturated carbocycles. The van der Waals surface area contributed by atoms with Crippen molar-refractivity contribution in [2.24, 2.45) is 0 Å². The Morgan fingerprint density at radius 1 is 1.15 bits per heavy atom. The van der Waals surface area contributed by atoms with E-state index in [-0.39, 0.29) is 0 Å². The van der Waals surface area contributed by atoms with Crippen LogP contribution in [0.25, 0.3) is 0 Å². The second-order valence-electron chi connectivity index (χ2n) is 5.48. The number of thioether (sulfide) groups is 1. The zero-order valence-electron chi connectivity index (χ0n) is 13.1. The van der Waals surface area contributed by atoms with E-state index in [0.29, 0.717) is 18.6 Å². The van der Waals surface area contributed by atoms with Gasteiger partial charge in [0.25, 0.3) is 0 Å². The van der Waals surface area contributed by atoms with Crippen molar-refractivity contribution in [3.05, 3.63) is 35.4 Å². The highest BCUT2D eigenvalue weighted by atomic mass is 32.2. The predicted molar refractivity (Wildman–Crippen MR) is 90.6 cm³/mol. The van der Waals surface area contributed by atoms with Crippen molar-refractivity contribution in [2.75, 3.05) is 24.7 Å². The molecule has 0 aromatic heterocycles. The third-order valence-electron chi connectivity index (χ3n) is 3.38. The molecule has 1 atom stereocenters. The molecule has 1 aromatic rings. The molecule has 114 valence electrons. The van der Waals surface area contributed by atoms with Crippen LogP contribution in [0.5, 0.6) is 0 Å². The molecule has 0 aliphatic carbocycles. The average Bonchev–Trinajstić information content (AvgIpc) is 2.47. The lowest BCUT2D eigenvalue weighted by Crippen LogP contribution is -2.24. The third kappa shape index (κ3) is 6.29. The van der Waals surface area contributed by atoms with E-state index in [1.54, 1.807) is 0 Å². The quantitative estimate of drug-likeness (QED) is 0.641. The van der Waals surface area contributed by atoms with Gasteiger partial charge in [-0.1, -0.05) is 45.0 Å². The first-order valence-electron chi connectivity index (χ1n) is 7.70. The topological polar surface area (TPSA) is 32.3 Å². The van der Waals surface area contributed by atoms with Gasteiger partial charge in [0.15, 0.2) is 0 Å². The molecule has 0 spiro atoms. The van der Waals surface area contributed by atoms with Crippen LogP contribution >= 0.6 is 11.8 Å². The monoisotopic (exact) mass is 295 g/mol. The summed E-state index contributed by atoms with van der Waals surface area (Å²) in [7, 11) is 0. The van der Waals surface area contributed by atoms with E-state index in [2.05, 4.69) is 50.4 Å². The second kappa shape index (κ2) is 10.3. The van der Waals surface area contributed by atoms with Gasteiger partial charge in [0.2, 0.25) is 0 Å². The molecule has 1 unspecified atom stereocenters. The standard InChI is InChI=1S/C17H29NOS/c1-4-10-18-17(13-20-12-5-11-19)16-8-6-15(7-9-16)14(2)3/h6-9,14,17-19H,4-5,10-13H2,1-3H3. The van der Waals surface area contributed by atoms with Gasteiger partial charge in [0.05, 0.1) is 0 Å². The summed E-state index contributed by atoms with van der Waals surface area (Å²) in [5.41, 5.74) is 2.77. The molecular weight excluding hydrogens is 266 g/mol. The van der Waals surface area contributed by atoms with Crippen LogP contribution in [0.4, 0.5) is 0 Å². The van der Waals surface area contributed by atoms with Crippen LogP contribution in [0, 0.1) is 0 Å². The molecule has 3 heteroatoms. The highest BCUT2D eigenvalue weighted by molar-refractivity contribution is 7.99. The fraction of sp³-hybridized carbons (Fsp3) is 0.647. The van der Waals surface area contributed by atoms with Crippen LogP contribution in [0.2, 0.25) is 0 Å². The lowest BCUT2D eigenvalue weighted by Gasteiger charge is -2.19. The van der Waals surface area contributed by atoms with Crippen molar-refractivity contribution in [2.45, 2.75) is 45.6 Å². The molecule has 0 saturated heterocycles. The Bertz CT molecular complexity index is 351. The second-order valence-corrected chi connectivity index (χ2v) is 6.63. The number of nitrogens with one attached hydrogen (secondary N) is 1. The zero-order valence-corrected chi connectivity index (χ0v) is 13.9.